The highest BCUT2D eigenvalue weighted by Crippen LogP contribution is 2.34. The first-order valence-corrected chi connectivity index (χ1v) is 11.8. The van der Waals surface area contributed by atoms with Gasteiger partial charge in [0.05, 0.1) is 12.3 Å². The molecular formula is C26H20BrClN2O5. The molecule has 1 heterocycles. The van der Waals surface area contributed by atoms with Crippen molar-refractivity contribution in [2.75, 3.05) is 11.5 Å². The van der Waals surface area contributed by atoms with Gasteiger partial charge in [-0.1, -0.05) is 45.7 Å². The summed E-state index contributed by atoms with van der Waals surface area (Å²) in [5.41, 5.74) is 2.22. The van der Waals surface area contributed by atoms with E-state index in [9.17, 15) is 19.5 Å². The minimum Gasteiger partial charge on any atom is -0.508 e. The van der Waals surface area contributed by atoms with E-state index in [0.29, 0.717) is 29.4 Å². The van der Waals surface area contributed by atoms with Crippen LogP contribution in [0.1, 0.15) is 23.6 Å². The summed E-state index contributed by atoms with van der Waals surface area (Å²) in [6.07, 6.45) is 1.88. The molecule has 9 heteroatoms. The summed E-state index contributed by atoms with van der Waals surface area (Å²) in [5.74, 6) is -1.11. The normalized spacial score (nSPS) is 14.9. The molecule has 3 aromatic carbocycles. The highest BCUT2D eigenvalue weighted by Gasteiger charge is 2.36. The topological polar surface area (TPSA) is 95.9 Å². The number of phenols is 1. The quantitative estimate of drug-likeness (QED) is 0.311. The zero-order chi connectivity index (χ0) is 25.1. The number of imide groups is 2. The number of nitrogens with zero attached hydrogens (tertiary/aromatic N) is 1. The van der Waals surface area contributed by atoms with Gasteiger partial charge in [0.1, 0.15) is 17.1 Å². The molecule has 3 aromatic rings. The highest BCUT2D eigenvalue weighted by molar-refractivity contribution is 9.10. The number of halogens is 2. The maximum absolute atomic E-state index is 13.1. The first-order valence-electron chi connectivity index (χ1n) is 10.7. The van der Waals surface area contributed by atoms with Crippen LogP contribution in [0.5, 0.6) is 11.5 Å². The number of anilines is 1. The summed E-state index contributed by atoms with van der Waals surface area (Å²) in [5, 5.41) is 12.1. The lowest BCUT2D eigenvalue weighted by Gasteiger charge is -2.26. The van der Waals surface area contributed by atoms with Gasteiger partial charge >= 0.3 is 6.03 Å². The van der Waals surface area contributed by atoms with Crippen molar-refractivity contribution in [3.8, 4) is 11.5 Å². The first kappa shape index (κ1) is 24.5. The van der Waals surface area contributed by atoms with Crippen LogP contribution in [-0.2, 0) is 16.0 Å². The number of carbonyl (C=O) groups is 3. The van der Waals surface area contributed by atoms with E-state index < -0.39 is 17.8 Å². The Morgan fingerprint density at radius 1 is 1.09 bits per heavy atom. The molecule has 1 saturated heterocycles. The smallest absolute Gasteiger partial charge is 0.335 e. The third-order valence-electron chi connectivity index (χ3n) is 5.32. The lowest BCUT2D eigenvalue weighted by atomic mass is 10.0. The molecule has 0 radical (unpaired) electrons. The Hall–Kier alpha value is -3.62. The van der Waals surface area contributed by atoms with Gasteiger partial charge in [-0.15, -0.1) is 0 Å². The number of phenolic OH excluding ortho intramolecular Hbond substituents is 1. The average Bonchev–Trinajstić information content (AvgIpc) is 2.81. The number of rotatable bonds is 6. The van der Waals surface area contributed by atoms with E-state index in [4.69, 9.17) is 16.3 Å². The van der Waals surface area contributed by atoms with Gasteiger partial charge in [0.25, 0.3) is 11.8 Å². The number of amides is 4. The van der Waals surface area contributed by atoms with Gasteiger partial charge in [-0.2, -0.15) is 0 Å². The Labute approximate surface area is 215 Å². The molecule has 7 nitrogen and oxygen atoms in total. The van der Waals surface area contributed by atoms with E-state index in [-0.39, 0.29) is 17.0 Å². The minimum atomic E-state index is -0.875. The van der Waals surface area contributed by atoms with Crippen LogP contribution in [0.3, 0.4) is 0 Å². The van der Waals surface area contributed by atoms with Crippen LogP contribution >= 0.6 is 27.5 Å². The molecule has 0 bridgehead atoms. The summed E-state index contributed by atoms with van der Waals surface area (Å²) >= 11 is 10.2. The van der Waals surface area contributed by atoms with Crippen molar-refractivity contribution in [1.29, 1.82) is 0 Å². The molecule has 0 aromatic heterocycles. The molecule has 0 atom stereocenters. The molecule has 2 N–H and O–H groups in total. The number of nitrogens with one attached hydrogen (secondary N) is 1. The van der Waals surface area contributed by atoms with Gasteiger partial charge in [0.2, 0.25) is 0 Å². The molecule has 0 aliphatic carbocycles. The van der Waals surface area contributed by atoms with E-state index in [1.54, 1.807) is 12.1 Å². The molecule has 1 aliphatic heterocycles. The second-order valence-corrected chi connectivity index (χ2v) is 8.92. The predicted octanol–water partition coefficient (Wildman–Crippen LogP) is 5.46. The van der Waals surface area contributed by atoms with Gasteiger partial charge < -0.3 is 9.84 Å². The molecular weight excluding hydrogens is 536 g/mol. The Morgan fingerprint density at radius 2 is 1.80 bits per heavy atom. The Bertz CT molecular complexity index is 1350. The standard InChI is InChI=1S/C26H20BrClN2O5/c1-2-35-23-13-15(12-22(28)19(23)14-16-5-3-4-6-21(16)27)11-20-24(32)29-26(34)30(25(20)33)17-7-9-18(31)10-8-17/h3-13,31H,2,14H2,1H3,(H,29,32,34)/b20-11+. The van der Waals surface area contributed by atoms with Gasteiger partial charge in [-0.05, 0) is 66.6 Å². The molecule has 178 valence electrons. The molecule has 0 unspecified atom stereocenters. The van der Waals surface area contributed by atoms with Crippen molar-refractivity contribution in [2.45, 2.75) is 13.3 Å². The van der Waals surface area contributed by atoms with E-state index >= 15 is 0 Å². The van der Waals surface area contributed by atoms with E-state index in [1.165, 1.54) is 30.3 Å². The van der Waals surface area contributed by atoms with Crippen LogP contribution in [0.25, 0.3) is 6.08 Å². The number of urea groups is 1. The van der Waals surface area contributed by atoms with Crippen molar-refractivity contribution >= 4 is 57.1 Å². The van der Waals surface area contributed by atoms with Crippen molar-refractivity contribution in [2.24, 2.45) is 0 Å². The first-order chi connectivity index (χ1) is 16.8. The summed E-state index contributed by atoms with van der Waals surface area (Å²) in [6.45, 7) is 2.24. The number of benzene rings is 3. The number of hydrogen-bond acceptors (Lipinski definition) is 5. The third kappa shape index (κ3) is 5.23. The van der Waals surface area contributed by atoms with Crippen LogP contribution in [-0.4, -0.2) is 29.6 Å². The second-order valence-electron chi connectivity index (χ2n) is 7.65. The largest absolute Gasteiger partial charge is 0.508 e. The maximum Gasteiger partial charge on any atom is 0.335 e. The fourth-order valence-corrected chi connectivity index (χ4v) is 4.37. The average molecular weight is 556 g/mol. The van der Waals surface area contributed by atoms with Crippen molar-refractivity contribution < 1.29 is 24.2 Å². The Balaban J connectivity index is 1.72. The van der Waals surface area contributed by atoms with E-state index in [2.05, 4.69) is 21.2 Å². The number of aromatic hydroxyl groups is 1. The number of ether oxygens (including phenoxy) is 1. The molecule has 35 heavy (non-hydrogen) atoms. The Kier molecular flexibility index (Phi) is 7.23. The summed E-state index contributed by atoms with van der Waals surface area (Å²) in [4.78, 5) is 38.9. The van der Waals surface area contributed by atoms with E-state index in [0.717, 1.165) is 20.5 Å². The van der Waals surface area contributed by atoms with Crippen molar-refractivity contribution in [3.05, 3.63) is 92.4 Å². The fourth-order valence-electron chi connectivity index (χ4n) is 3.66. The van der Waals surface area contributed by atoms with Crippen molar-refractivity contribution in [3.63, 3.8) is 0 Å². The molecule has 4 rings (SSSR count). The third-order valence-corrected chi connectivity index (χ3v) is 6.43. The molecule has 1 aliphatic rings. The van der Waals surface area contributed by atoms with E-state index in [1.807, 2.05) is 31.2 Å². The lowest BCUT2D eigenvalue weighted by Crippen LogP contribution is -2.54. The fraction of sp³-hybridized carbons (Fsp3) is 0.115. The maximum atomic E-state index is 13.1. The van der Waals surface area contributed by atoms with Crippen LogP contribution < -0.4 is 15.0 Å². The molecule has 0 spiro atoms. The monoisotopic (exact) mass is 554 g/mol. The van der Waals surface area contributed by atoms with Crippen molar-refractivity contribution in [1.82, 2.24) is 5.32 Å². The number of hydrogen-bond donors (Lipinski definition) is 2. The SMILES string of the molecule is CCOc1cc(/C=C2\C(=O)NC(=O)N(c3ccc(O)cc3)C2=O)cc(Cl)c1Cc1ccccc1Br. The van der Waals surface area contributed by atoms with Crippen LogP contribution in [0.15, 0.2) is 70.7 Å². The number of barbiturate groups is 1. The lowest BCUT2D eigenvalue weighted by molar-refractivity contribution is -0.122. The van der Waals surface area contributed by atoms with Gasteiger partial charge in [0.15, 0.2) is 0 Å². The zero-order valence-corrected chi connectivity index (χ0v) is 20.9. The molecule has 1 fully saturated rings. The van der Waals surface area contributed by atoms with Crippen LogP contribution in [0.2, 0.25) is 5.02 Å². The number of carbonyl (C=O) groups excluding carboxylic acids is 3. The predicted molar refractivity (Wildman–Crippen MR) is 137 cm³/mol. The van der Waals surface area contributed by atoms with Gasteiger partial charge in [-0.25, -0.2) is 9.69 Å². The van der Waals surface area contributed by atoms with Crippen LogP contribution in [0, 0.1) is 0 Å². The summed E-state index contributed by atoms with van der Waals surface area (Å²) in [7, 11) is 0. The van der Waals surface area contributed by atoms with Gasteiger partial charge in [-0.3, -0.25) is 14.9 Å². The highest BCUT2D eigenvalue weighted by atomic mass is 79.9. The minimum absolute atomic E-state index is 0.0221. The van der Waals surface area contributed by atoms with Crippen LogP contribution in [0.4, 0.5) is 10.5 Å². The summed E-state index contributed by atoms with van der Waals surface area (Å²) < 4.78 is 6.77. The van der Waals surface area contributed by atoms with Gasteiger partial charge in [0, 0.05) is 21.5 Å². The Morgan fingerprint density at radius 3 is 2.49 bits per heavy atom. The molecule has 4 amide bonds. The molecule has 0 saturated carbocycles. The summed E-state index contributed by atoms with van der Waals surface area (Å²) in [6, 6.07) is 15.7. The second kappa shape index (κ2) is 10.3. The zero-order valence-electron chi connectivity index (χ0n) is 18.5.